The zero-order valence-corrected chi connectivity index (χ0v) is 14.1. The van der Waals surface area contributed by atoms with Gasteiger partial charge in [-0.3, -0.25) is 0 Å². The van der Waals surface area contributed by atoms with E-state index in [4.69, 9.17) is 0 Å². The molecule has 2 amide bonds. The van der Waals surface area contributed by atoms with E-state index in [9.17, 15) is 9.18 Å². The lowest BCUT2D eigenvalue weighted by atomic mass is 10.2. The molecule has 8 nitrogen and oxygen atoms in total. The van der Waals surface area contributed by atoms with Crippen molar-refractivity contribution < 1.29 is 9.18 Å². The van der Waals surface area contributed by atoms with Crippen molar-refractivity contribution in [2.45, 2.75) is 6.92 Å². The minimum absolute atomic E-state index is 0.360. The molecular formula is C17H18FN7O. The predicted molar refractivity (Wildman–Crippen MR) is 95.8 cm³/mol. The molecule has 9 heteroatoms. The number of anilines is 2. The van der Waals surface area contributed by atoms with E-state index in [-0.39, 0.29) is 5.82 Å². The zero-order valence-electron chi connectivity index (χ0n) is 14.1. The van der Waals surface area contributed by atoms with Crippen molar-refractivity contribution in [2.24, 2.45) is 0 Å². The van der Waals surface area contributed by atoms with E-state index < -0.39 is 6.03 Å². The first kappa shape index (κ1) is 17.3. The quantitative estimate of drug-likeness (QED) is 0.590. The number of halogens is 1. The number of nitrogens with zero attached hydrogens (tertiary/aromatic N) is 4. The Labute approximate surface area is 149 Å². The molecule has 0 aliphatic rings. The van der Waals surface area contributed by atoms with Crippen molar-refractivity contribution in [1.82, 2.24) is 25.1 Å². The van der Waals surface area contributed by atoms with Crippen LogP contribution in [-0.2, 0) is 0 Å². The average molecular weight is 355 g/mol. The highest BCUT2D eigenvalue weighted by atomic mass is 19.1. The van der Waals surface area contributed by atoms with Gasteiger partial charge in [-0.15, -0.1) is 0 Å². The van der Waals surface area contributed by atoms with Gasteiger partial charge in [-0.25, -0.2) is 23.8 Å². The first-order valence-electron chi connectivity index (χ1n) is 7.99. The second-order valence-corrected chi connectivity index (χ2v) is 5.48. The van der Waals surface area contributed by atoms with E-state index in [1.54, 1.807) is 48.3 Å². The van der Waals surface area contributed by atoms with Crippen LogP contribution in [0.4, 0.5) is 20.7 Å². The van der Waals surface area contributed by atoms with Gasteiger partial charge in [0.05, 0.1) is 0 Å². The Morgan fingerprint density at radius 1 is 1.23 bits per heavy atom. The molecular weight excluding hydrogens is 337 g/mol. The largest absolute Gasteiger partial charge is 0.368 e. The number of rotatable bonds is 6. The lowest BCUT2D eigenvalue weighted by molar-refractivity contribution is 0.252. The van der Waals surface area contributed by atoms with Crippen molar-refractivity contribution in [2.75, 3.05) is 23.7 Å². The second kappa shape index (κ2) is 8.06. The summed E-state index contributed by atoms with van der Waals surface area (Å²) in [7, 11) is 0. The average Bonchev–Trinajstić information content (AvgIpc) is 3.17. The molecule has 26 heavy (non-hydrogen) atoms. The number of hydrogen-bond acceptors (Lipinski definition) is 5. The fourth-order valence-electron chi connectivity index (χ4n) is 2.19. The topological polar surface area (TPSA) is 96.8 Å². The summed E-state index contributed by atoms with van der Waals surface area (Å²) in [4.78, 5) is 20.1. The molecule has 2 heterocycles. The minimum atomic E-state index is -0.407. The van der Waals surface area contributed by atoms with Crippen molar-refractivity contribution in [3.8, 4) is 5.82 Å². The molecule has 0 radical (unpaired) electrons. The summed E-state index contributed by atoms with van der Waals surface area (Å²) in [6.07, 6.45) is 4.88. The number of carbonyl (C=O) groups is 1. The summed E-state index contributed by atoms with van der Waals surface area (Å²) < 4.78 is 15.1. The molecule has 0 atom stereocenters. The van der Waals surface area contributed by atoms with Gasteiger partial charge in [-0.1, -0.05) is 6.07 Å². The van der Waals surface area contributed by atoms with Crippen LogP contribution in [0.1, 0.15) is 5.56 Å². The molecule has 0 bridgehead atoms. The molecule has 3 aromatic rings. The first-order valence-corrected chi connectivity index (χ1v) is 7.99. The van der Waals surface area contributed by atoms with Gasteiger partial charge >= 0.3 is 6.03 Å². The number of aryl methyl sites for hydroxylation is 1. The van der Waals surface area contributed by atoms with Crippen LogP contribution in [0.3, 0.4) is 0 Å². The predicted octanol–water partition coefficient (Wildman–Crippen LogP) is 2.34. The van der Waals surface area contributed by atoms with Crippen LogP contribution in [0.2, 0.25) is 0 Å². The molecule has 1 aromatic carbocycles. The fourth-order valence-corrected chi connectivity index (χ4v) is 2.19. The van der Waals surface area contributed by atoms with Crippen LogP contribution >= 0.6 is 0 Å². The summed E-state index contributed by atoms with van der Waals surface area (Å²) in [6.45, 7) is 2.49. The van der Waals surface area contributed by atoms with E-state index >= 15 is 0 Å². The molecule has 3 N–H and O–H groups in total. The zero-order chi connectivity index (χ0) is 18.4. The Bertz CT molecular complexity index is 883. The molecule has 3 rings (SSSR count). The number of aromatic nitrogens is 4. The maximum atomic E-state index is 13.5. The van der Waals surface area contributed by atoms with Crippen LogP contribution in [0.25, 0.3) is 5.82 Å². The fraction of sp³-hybridized carbons (Fsp3) is 0.176. The Kier molecular flexibility index (Phi) is 5.37. The Morgan fingerprint density at radius 3 is 2.88 bits per heavy atom. The van der Waals surface area contributed by atoms with Crippen molar-refractivity contribution >= 4 is 17.5 Å². The van der Waals surface area contributed by atoms with Gasteiger partial charge in [0.15, 0.2) is 5.82 Å². The first-order chi connectivity index (χ1) is 12.6. The lowest BCUT2D eigenvalue weighted by Crippen LogP contribution is -2.32. The standard InChI is InChI=1S/C17H18FN7O/c1-12-3-4-13(9-14(12)18)24-17(26)20-7-6-19-15-10-16(22-11-21-15)25-8-2-5-23-25/h2-5,8-11H,6-7H2,1H3,(H,19,21,22)(H2,20,24,26). The lowest BCUT2D eigenvalue weighted by Gasteiger charge is -2.10. The Hall–Kier alpha value is -3.49. The van der Waals surface area contributed by atoms with Gasteiger partial charge in [0, 0.05) is 37.2 Å². The van der Waals surface area contributed by atoms with Crippen LogP contribution in [-0.4, -0.2) is 38.9 Å². The van der Waals surface area contributed by atoms with Crippen LogP contribution < -0.4 is 16.0 Å². The summed E-state index contributed by atoms with van der Waals surface area (Å²) >= 11 is 0. The van der Waals surface area contributed by atoms with Gasteiger partial charge in [0.1, 0.15) is 18.0 Å². The highest BCUT2D eigenvalue weighted by Gasteiger charge is 2.04. The van der Waals surface area contributed by atoms with Crippen LogP contribution in [0, 0.1) is 12.7 Å². The number of carbonyl (C=O) groups excluding carboxylic acids is 1. The molecule has 0 aliphatic heterocycles. The number of benzene rings is 1. The van der Waals surface area contributed by atoms with E-state index in [1.807, 2.05) is 0 Å². The van der Waals surface area contributed by atoms with Gasteiger partial charge in [-0.2, -0.15) is 5.10 Å². The summed E-state index contributed by atoms with van der Waals surface area (Å²) in [6, 6.07) is 7.69. The van der Waals surface area contributed by atoms with Gasteiger partial charge < -0.3 is 16.0 Å². The molecule has 0 aliphatic carbocycles. The van der Waals surface area contributed by atoms with Gasteiger partial charge in [0.25, 0.3) is 0 Å². The third-order valence-corrected chi connectivity index (χ3v) is 3.54. The second-order valence-electron chi connectivity index (χ2n) is 5.48. The van der Waals surface area contributed by atoms with Crippen LogP contribution in [0.15, 0.2) is 49.1 Å². The number of amides is 2. The molecule has 0 saturated heterocycles. The van der Waals surface area contributed by atoms with Gasteiger partial charge in [-0.05, 0) is 30.7 Å². The molecule has 0 saturated carbocycles. The number of nitrogens with one attached hydrogen (secondary N) is 3. The summed E-state index contributed by atoms with van der Waals surface area (Å²) in [5, 5.41) is 12.5. The van der Waals surface area contributed by atoms with Gasteiger partial charge in [0.2, 0.25) is 0 Å². The molecule has 0 unspecified atom stereocenters. The smallest absolute Gasteiger partial charge is 0.319 e. The summed E-state index contributed by atoms with van der Waals surface area (Å²) in [5.74, 6) is 0.897. The van der Waals surface area contributed by atoms with Crippen molar-refractivity contribution in [3.05, 3.63) is 60.4 Å². The minimum Gasteiger partial charge on any atom is -0.368 e. The number of hydrogen-bond donors (Lipinski definition) is 3. The Balaban J connectivity index is 1.44. The molecule has 2 aromatic heterocycles. The SMILES string of the molecule is Cc1ccc(NC(=O)NCCNc2cc(-n3cccn3)ncn2)cc1F. The highest BCUT2D eigenvalue weighted by molar-refractivity contribution is 5.89. The van der Waals surface area contributed by atoms with Crippen molar-refractivity contribution in [1.29, 1.82) is 0 Å². The number of urea groups is 1. The van der Waals surface area contributed by atoms with E-state index in [1.165, 1.54) is 12.4 Å². The summed E-state index contributed by atoms with van der Waals surface area (Å²) in [5.41, 5.74) is 0.928. The van der Waals surface area contributed by atoms with E-state index in [0.717, 1.165) is 0 Å². The maximum absolute atomic E-state index is 13.5. The highest BCUT2D eigenvalue weighted by Crippen LogP contribution is 2.13. The molecule has 0 fully saturated rings. The van der Waals surface area contributed by atoms with E-state index in [0.29, 0.717) is 36.0 Å². The monoisotopic (exact) mass is 355 g/mol. The van der Waals surface area contributed by atoms with E-state index in [2.05, 4.69) is 31.0 Å². The third-order valence-electron chi connectivity index (χ3n) is 3.54. The normalized spacial score (nSPS) is 10.4. The van der Waals surface area contributed by atoms with Crippen molar-refractivity contribution in [3.63, 3.8) is 0 Å². The Morgan fingerprint density at radius 2 is 2.12 bits per heavy atom. The maximum Gasteiger partial charge on any atom is 0.319 e. The third kappa shape index (κ3) is 4.53. The molecule has 0 spiro atoms. The molecule has 134 valence electrons. The van der Waals surface area contributed by atoms with Crippen LogP contribution in [0.5, 0.6) is 0 Å².